The number of rotatable bonds is 6. The Kier molecular flexibility index (Phi) is 6.23. The summed E-state index contributed by atoms with van der Waals surface area (Å²) in [6.07, 6.45) is 7.36. The van der Waals surface area contributed by atoms with Crippen molar-refractivity contribution >= 4 is 5.91 Å². The largest absolute Gasteiger partial charge is 0.338 e. The Morgan fingerprint density at radius 1 is 1.07 bits per heavy atom. The molecule has 1 atom stereocenters. The number of hydrogen-bond acceptors (Lipinski definition) is 3. The molecule has 0 bridgehead atoms. The fourth-order valence-electron chi connectivity index (χ4n) is 3.96. The van der Waals surface area contributed by atoms with Crippen LogP contribution in [-0.4, -0.2) is 33.4 Å². The van der Waals surface area contributed by atoms with E-state index in [2.05, 4.69) is 15.2 Å². The molecule has 3 aromatic rings. The van der Waals surface area contributed by atoms with Gasteiger partial charge in [-0.2, -0.15) is 0 Å². The molecule has 0 aliphatic carbocycles. The van der Waals surface area contributed by atoms with Crippen LogP contribution in [0.1, 0.15) is 52.6 Å². The van der Waals surface area contributed by atoms with Crippen molar-refractivity contribution in [2.24, 2.45) is 7.05 Å². The first-order valence-corrected chi connectivity index (χ1v) is 10.4. The van der Waals surface area contributed by atoms with E-state index in [1.54, 1.807) is 18.3 Å². The summed E-state index contributed by atoms with van der Waals surface area (Å²) in [6, 6.07) is 13.5. The van der Waals surface area contributed by atoms with E-state index in [9.17, 15) is 9.18 Å². The normalized spacial score (nSPS) is 15.7. The van der Waals surface area contributed by atoms with Gasteiger partial charge in [0.2, 0.25) is 0 Å². The first-order chi connectivity index (χ1) is 14.6. The van der Waals surface area contributed by atoms with Gasteiger partial charge in [0.1, 0.15) is 17.7 Å². The zero-order valence-electron chi connectivity index (χ0n) is 17.2. The second-order valence-corrected chi connectivity index (χ2v) is 7.89. The van der Waals surface area contributed by atoms with Gasteiger partial charge in [-0.3, -0.25) is 9.69 Å². The van der Waals surface area contributed by atoms with Gasteiger partial charge in [0.15, 0.2) is 0 Å². The average molecular weight is 407 g/mol. The molecule has 0 radical (unpaired) electrons. The molecule has 5 nitrogen and oxygen atoms in total. The summed E-state index contributed by atoms with van der Waals surface area (Å²) in [6.45, 7) is 3.21. The second kappa shape index (κ2) is 9.22. The highest BCUT2D eigenvalue weighted by atomic mass is 19.1. The Labute approximate surface area is 176 Å². The number of piperidine rings is 1. The van der Waals surface area contributed by atoms with Crippen molar-refractivity contribution in [2.75, 3.05) is 13.1 Å². The molecule has 0 unspecified atom stereocenters. The van der Waals surface area contributed by atoms with Crippen LogP contribution in [0.2, 0.25) is 0 Å². The van der Waals surface area contributed by atoms with Crippen LogP contribution in [0.5, 0.6) is 0 Å². The van der Waals surface area contributed by atoms with E-state index in [4.69, 9.17) is 0 Å². The third-order valence-electron chi connectivity index (χ3n) is 5.67. The highest BCUT2D eigenvalue weighted by molar-refractivity contribution is 5.94. The molecular weight excluding hydrogens is 379 g/mol. The van der Waals surface area contributed by atoms with Crippen molar-refractivity contribution in [1.82, 2.24) is 19.8 Å². The van der Waals surface area contributed by atoms with Crippen molar-refractivity contribution in [1.29, 1.82) is 0 Å². The van der Waals surface area contributed by atoms with Crippen LogP contribution in [0.25, 0.3) is 0 Å². The van der Waals surface area contributed by atoms with Gasteiger partial charge in [0.25, 0.3) is 5.91 Å². The third-order valence-corrected chi connectivity index (χ3v) is 5.67. The first kappa shape index (κ1) is 20.3. The summed E-state index contributed by atoms with van der Waals surface area (Å²) in [5, 5.41) is 3.06. The lowest BCUT2D eigenvalue weighted by molar-refractivity contribution is 0.0941. The Morgan fingerprint density at radius 2 is 1.77 bits per heavy atom. The number of hydrogen-bond donors (Lipinski definition) is 1. The molecule has 30 heavy (non-hydrogen) atoms. The number of carbonyl (C=O) groups is 1. The number of imidazole rings is 1. The topological polar surface area (TPSA) is 50.2 Å². The van der Waals surface area contributed by atoms with Crippen molar-refractivity contribution in [3.05, 3.63) is 89.3 Å². The monoisotopic (exact) mass is 406 g/mol. The quantitative estimate of drug-likeness (QED) is 0.672. The van der Waals surface area contributed by atoms with Gasteiger partial charge in [-0.05, 0) is 61.3 Å². The third kappa shape index (κ3) is 4.76. The van der Waals surface area contributed by atoms with Crippen LogP contribution >= 0.6 is 0 Å². The van der Waals surface area contributed by atoms with Crippen LogP contribution in [0.3, 0.4) is 0 Å². The number of aryl methyl sites for hydroxylation is 1. The lowest BCUT2D eigenvalue weighted by atomic mass is 10.0. The predicted octanol–water partition coefficient (Wildman–Crippen LogP) is 4.06. The number of aromatic nitrogens is 2. The van der Waals surface area contributed by atoms with Gasteiger partial charge in [0.05, 0.1) is 0 Å². The van der Waals surface area contributed by atoms with E-state index in [0.717, 1.165) is 25.2 Å². The maximum absolute atomic E-state index is 13.4. The van der Waals surface area contributed by atoms with Gasteiger partial charge in [0, 0.05) is 31.5 Å². The van der Waals surface area contributed by atoms with E-state index in [1.165, 1.54) is 37.0 Å². The van der Waals surface area contributed by atoms with Crippen LogP contribution < -0.4 is 5.32 Å². The molecule has 0 spiro atoms. The first-order valence-electron chi connectivity index (χ1n) is 10.4. The Bertz CT molecular complexity index is 975. The van der Waals surface area contributed by atoms with Crippen molar-refractivity contribution in [3.8, 4) is 0 Å². The van der Waals surface area contributed by atoms with Gasteiger partial charge >= 0.3 is 0 Å². The lowest BCUT2D eigenvalue weighted by Crippen LogP contribution is -2.31. The van der Waals surface area contributed by atoms with Gasteiger partial charge < -0.3 is 9.88 Å². The van der Waals surface area contributed by atoms with E-state index < -0.39 is 6.04 Å². The van der Waals surface area contributed by atoms with Crippen LogP contribution in [0.15, 0.2) is 60.9 Å². The minimum atomic E-state index is -0.467. The molecule has 1 saturated heterocycles. The predicted molar refractivity (Wildman–Crippen MR) is 114 cm³/mol. The van der Waals surface area contributed by atoms with E-state index in [-0.39, 0.29) is 11.7 Å². The minimum absolute atomic E-state index is 0.183. The molecule has 4 rings (SSSR count). The smallest absolute Gasteiger partial charge is 0.252 e. The fourth-order valence-corrected chi connectivity index (χ4v) is 3.96. The van der Waals surface area contributed by atoms with Crippen molar-refractivity contribution in [3.63, 3.8) is 0 Å². The van der Waals surface area contributed by atoms with E-state index in [0.29, 0.717) is 11.4 Å². The van der Waals surface area contributed by atoms with Crippen LogP contribution in [0, 0.1) is 5.82 Å². The van der Waals surface area contributed by atoms with Crippen LogP contribution in [-0.2, 0) is 13.6 Å². The molecule has 1 aromatic heterocycles. The minimum Gasteiger partial charge on any atom is -0.338 e. The number of carbonyl (C=O) groups excluding carboxylic acids is 1. The Morgan fingerprint density at radius 3 is 2.40 bits per heavy atom. The number of nitrogens with one attached hydrogen (secondary N) is 1. The number of nitrogens with zero attached hydrogens (tertiary/aromatic N) is 3. The summed E-state index contributed by atoms with van der Waals surface area (Å²) in [5.74, 6) is 0.196. The molecule has 2 heterocycles. The zero-order chi connectivity index (χ0) is 20.9. The number of halogens is 1. The van der Waals surface area contributed by atoms with E-state index >= 15 is 0 Å². The summed E-state index contributed by atoms with van der Waals surface area (Å²) in [7, 11) is 1.88. The molecule has 156 valence electrons. The Balaban J connectivity index is 1.49. The zero-order valence-corrected chi connectivity index (χ0v) is 17.2. The molecule has 1 fully saturated rings. The van der Waals surface area contributed by atoms with Crippen LogP contribution in [0.4, 0.5) is 4.39 Å². The summed E-state index contributed by atoms with van der Waals surface area (Å²) in [5.41, 5.74) is 2.59. The molecular formula is C24H27FN4O. The lowest BCUT2D eigenvalue weighted by Gasteiger charge is -2.26. The maximum Gasteiger partial charge on any atom is 0.252 e. The van der Waals surface area contributed by atoms with Crippen molar-refractivity contribution < 1.29 is 9.18 Å². The molecule has 2 aromatic carbocycles. The molecule has 6 heteroatoms. The molecule has 0 saturated carbocycles. The fraction of sp³-hybridized carbons (Fsp3) is 0.333. The second-order valence-electron chi connectivity index (χ2n) is 7.89. The standard InChI is InChI=1S/C24H27FN4O/c1-28-16-13-26-23(28)22(19-9-11-21(25)12-10-19)27-24(30)20-7-5-18(6-8-20)17-29-14-3-2-4-15-29/h5-13,16,22H,2-4,14-15,17H2,1H3,(H,27,30)/t22-/m0/s1. The molecule has 1 aliphatic heterocycles. The number of amides is 1. The molecule has 1 aliphatic rings. The number of likely N-dealkylation sites (tertiary alicyclic amines) is 1. The average Bonchev–Trinajstić information content (AvgIpc) is 3.19. The molecule has 1 amide bonds. The highest BCUT2D eigenvalue weighted by Gasteiger charge is 2.21. The summed E-state index contributed by atoms with van der Waals surface area (Å²) in [4.78, 5) is 19.8. The van der Waals surface area contributed by atoms with E-state index in [1.807, 2.05) is 42.1 Å². The number of benzene rings is 2. The summed E-state index contributed by atoms with van der Waals surface area (Å²) < 4.78 is 15.3. The summed E-state index contributed by atoms with van der Waals surface area (Å²) >= 11 is 0. The Hall–Kier alpha value is -2.99. The maximum atomic E-state index is 13.4. The van der Waals surface area contributed by atoms with Crippen molar-refractivity contribution in [2.45, 2.75) is 31.8 Å². The van der Waals surface area contributed by atoms with Gasteiger partial charge in [-0.25, -0.2) is 9.37 Å². The SMILES string of the molecule is Cn1ccnc1[C@@H](NC(=O)c1ccc(CN2CCCCC2)cc1)c1ccc(F)cc1. The van der Waals surface area contributed by atoms with Gasteiger partial charge in [-0.1, -0.05) is 30.7 Å². The molecule has 1 N–H and O–H groups in total. The highest BCUT2D eigenvalue weighted by Crippen LogP contribution is 2.22. The van der Waals surface area contributed by atoms with Gasteiger partial charge in [-0.15, -0.1) is 0 Å².